The maximum atomic E-state index is 5.02. The van der Waals surface area contributed by atoms with Gasteiger partial charge in [0, 0.05) is 7.11 Å². The lowest BCUT2D eigenvalue weighted by molar-refractivity contribution is -0.127. The maximum Gasteiger partial charge on any atom is 0.150 e. The Kier molecular flexibility index (Phi) is 11.4. The average molecular weight is 196 g/mol. The van der Waals surface area contributed by atoms with Crippen LogP contribution in [-0.4, -0.2) is 46.1 Å². The molecule has 0 aromatic carbocycles. The van der Waals surface area contributed by atoms with Crippen LogP contribution in [0.4, 0.5) is 0 Å². The van der Waals surface area contributed by atoms with Crippen molar-refractivity contribution < 1.29 is 18.9 Å². The summed E-state index contributed by atoms with van der Waals surface area (Å²) in [5.74, 6) is 0.651. The lowest BCUT2D eigenvalue weighted by atomic mass is 10.8. The van der Waals surface area contributed by atoms with Gasteiger partial charge in [0.25, 0.3) is 0 Å². The van der Waals surface area contributed by atoms with Gasteiger partial charge in [-0.1, -0.05) is 0 Å². The van der Waals surface area contributed by atoms with Gasteiger partial charge in [-0.15, -0.1) is 11.8 Å². The van der Waals surface area contributed by atoms with E-state index in [4.69, 9.17) is 18.9 Å². The van der Waals surface area contributed by atoms with Gasteiger partial charge in [-0.25, -0.2) is 0 Å². The molecule has 5 heteroatoms. The highest BCUT2D eigenvalue weighted by Gasteiger charge is 1.87. The largest absolute Gasteiger partial charge is 0.382 e. The van der Waals surface area contributed by atoms with E-state index in [1.165, 1.54) is 0 Å². The zero-order valence-corrected chi connectivity index (χ0v) is 8.39. The molecular weight excluding hydrogens is 180 g/mol. The molecule has 0 bridgehead atoms. The molecule has 12 heavy (non-hydrogen) atoms. The number of rotatable bonds is 9. The number of hydrogen-bond acceptors (Lipinski definition) is 5. The van der Waals surface area contributed by atoms with Crippen LogP contribution in [-0.2, 0) is 18.9 Å². The zero-order valence-electron chi connectivity index (χ0n) is 7.58. The molecule has 0 aliphatic rings. The van der Waals surface area contributed by atoms with Crippen LogP contribution in [0.2, 0.25) is 0 Å². The van der Waals surface area contributed by atoms with Crippen LogP contribution in [0.3, 0.4) is 0 Å². The normalized spacial score (nSPS) is 10.5. The summed E-state index contributed by atoms with van der Waals surface area (Å²) in [6.45, 7) is 1.69. The van der Waals surface area contributed by atoms with Crippen LogP contribution in [0.15, 0.2) is 0 Å². The Morgan fingerprint density at radius 2 is 1.75 bits per heavy atom. The SMILES string of the molecule is COCCOCOCOCSC. The topological polar surface area (TPSA) is 36.9 Å². The van der Waals surface area contributed by atoms with Crippen molar-refractivity contribution in [3.63, 3.8) is 0 Å². The molecule has 74 valence electrons. The fourth-order valence-corrected chi connectivity index (χ4v) is 0.705. The summed E-state index contributed by atoms with van der Waals surface area (Å²) >= 11 is 1.61. The molecule has 0 unspecified atom stereocenters. The summed E-state index contributed by atoms with van der Waals surface area (Å²) in [7, 11) is 1.63. The van der Waals surface area contributed by atoms with E-state index in [0.29, 0.717) is 19.2 Å². The molecule has 0 spiro atoms. The molecule has 4 nitrogen and oxygen atoms in total. The second-order valence-corrected chi connectivity index (χ2v) is 2.76. The van der Waals surface area contributed by atoms with Crippen LogP contribution in [0.25, 0.3) is 0 Å². The molecule has 0 radical (unpaired) electrons. The third-order valence-corrected chi connectivity index (χ3v) is 1.37. The van der Waals surface area contributed by atoms with E-state index >= 15 is 0 Å². The van der Waals surface area contributed by atoms with E-state index in [2.05, 4.69) is 0 Å². The van der Waals surface area contributed by atoms with E-state index in [1.807, 2.05) is 6.26 Å². The van der Waals surface area contributed by atoms with E-state index in [1.54, 1.807) is 18.9 Å². The van der Waals surface area contributed by atoms with Crippen molar-refractivity contribution in [2.45, 2.75) is 0 Å². The lowest BCUT2D eigenvalue weighted by Crippen LogP contribution is -2.07. The van der Waals surface area contributed by atoms with Crippen molar-refractivity contribution in [1.29, 1.82) is 0 Å². The summed E-state index contributed by atoms with van der Waals surface area (Å²) in [5.41, 5.74) is 0. The molecule has 0 aliphatic carbocycles. The monoisotopic (exact) mass is 196 g/mol. The van der Waals surface area contributed by atoms with Gasteiger partial charge >= 0.3 is 0 Å². The van der Waals surface area contributed by atoms with Gasteiger partial charge in [-0.2, -0.15) is 0 Å². The third kappa shape index (κ3) is 10.2. The quantitative estimate of drug-likeness (QED) is 0.405. The molecule has 0 amide bonds. The molecule has 0 fully saturated rings. The molecule has 0 aliphatic heterocycles. The summed E-state index contributed by atoms with van der Waals surface area (Å²) in [4.78, 5) is 0. The first-order chi connectivity index (χ1) is 5.91. The maximum absolute atomic E-state index is 5.02. The summed E-state index contributed by atoms with van der Waals surface area (Å²) in [6, 6.07) is 0. The molecule has 0 saturated heterocycles. The van der Waals surface area contributed by atoms with Crippen molar-refractivity contribution in [2.75, 3.05) is 46.1 Å². The minimum atomic E-state index is 0.262. The molecule has 0 rings (SSSR count). The number of ether oxygens (including phenoxy) is 4. The summed E-state index contributed by atoms with van der Waals surface area (Å²) in [5, 5.41) is 0. The smallest absolute Gasteiger partial charge is 0.150 e. The highest BCUT2D eigenvalue weighted by Crippen LogP contribution is 1.91. The second kappa shape index (κ2) is 11.2. The van der Waals surface area contributed by atoms with Crippen LogP contribution >= 0.6 is 11.8 Å². The van der Waals surface area contributed by atoms with Crippen LogP contribution in [0.5, 0.6) is 0 Å². The van der Waals surface area contributed by atoms with Crippen molar-refractivity contribution in [3.8, 4) is 0 Å². The predicted octanol–water partition coefficient (Wildman–Crippen LogP) is 0.918. The van der Waals surface area contributed by atoms with Gasteiger partial charge in [0.1, 0.15) is 6.79 Å². The standard InChI is InChI=1S/C7H16O4S/c1-8-3-4-9-5-10-6-11-7-12-2/h3-7H2,1-2H3. The molecule has 0 atom stereocenters. The Morgan fingerprint density at radius 3 is 2.42 bits per heavy atom. The highest BCUT2D eigenvalue weighted by molar-refractivity contribution is 7.98. The fourth-order valence-electron chi connectivity index (χ4n) is 0.470. The third-order valence-electron chi connectivity index (χ3n) is 0.966. The first-order valence-corrected chi connectivity index (χ1v) is 5.02. The van der Waals surface area contributed by atoms with Gasteiger partial charge in [-0.3, -0.25) is 0 Å². The Labute approximate surface area is 77.5 Å². The number of thioether (sulfide) groups is 1. The van der Waals surface area contributed by atoms with Gasteiger partial charge in [0.2, 0.25) is 0 Å². The van der Waals surface area contributed by atoms with Crippen LogP contribution < -0.4 is 0 Å². The molecule has 0 aromatic heterocycles. The number of hydrogen-bond donors (Lipinski definition) is 0. The van der Waals surface area contributed by atoms with Crippen molar-refractivity contribution in [3.05, 3.63) is 0 Å². The van der Waals surface area contributed by atoms with E-state index in [9.17, 15) is 0 Å². The molecule has 0 heterocycles. The Morgan fingerprint density at radius 1 is 1.00 bits per heavy atom. The van der Waals surface area contributed by atoms with Gasteiger partial charge in [-0.05, 0) is 6.26 Å². The fraction of sp³-hybridized carbons (Fsp3) is 1.00. The Hall–Kier alpha value is 0.190. The molecular formula is C7H16O4S. The first kappa shape index (κ1) is 12.2. The second-order valence-electron chi connectivity index (χ2n) is 1.95. The summed E-state index contributed by atoms with van der Waals surface area (Å²) in [6.07, 6.45) is 1.97. The van der Waals surface area contributed by atoms with Crippen LogP contribution in [0, 0.1) is 0 Å². The molecule has 0 saturated carbocycles. The van der Waals surface area contributed by atoms with Crippen molar-refractivity contribution in [2.24, 2.45) is 0 Å². The van der Waals surface area contributed by atoms with Crippen LogP contribution in [0.1, 0.15) is 0 Å². The minimum absolute atomic E-state index is 0.262. The van der Waals surface area contributed by atoms with Gasteiger partial charge in [0.15, 0.2) is 6.79 Å². The molecule has 0 aromatic rings. The van der Waals surface area contributed by atoms with Crippen molar-refractivity contribution >= 4 is 11.8 Å². The number of methoxy groups -OCH3 is 1. The average Bonchev–Trinajstić information content (AvgIpc) is 2.10. The lowest BCUT2D eigenvalue weighted by Gasteiger charge is -2.04. The highest BCUT2D eigenvalue weighted by atomic mass is 32.2. The van der Waals surface area contributed by atoms with E-state index in [-0.39, 0.29) is 13.6 Å². The summed E-state index contributed by atoms with van der Waals surface area (Å²) < 4.78 is 19.8. The predicted molar refractivity (Wildman–Crippen MR) is 48.1 cm³/mol. The minimum Gasteiger partial charge on any atom is -0.382 e. The first-order valence-electron chi connectivity index (χ1n) is 3.63. The van der Waals surface area contributed by atoms with Gasteiger partial charge in [0.05, 0.1) is 19.2 Å². The van der Waals surface area contributed by atoms with Gasteiger partial charge < -0.3 is 18.9 Å². The van der Waals surface area contributed by atoms with Crippen molar-refractivity contribution in [1.82, 2.24) is 0 Å². The molecule has 0 N–H and O–H groups in total. The Bertz CT molecular complexity index is 71.8. The van der Waals surface area contributed by atoms with E-state index < -0.39 is 0 Å². The zero-order chi connectivity index (χ0) is 9.07. The Balaban J connectivity index is 2.73. The van der Waals surface area contributed by atoms with E-state index in [0.717, 1.165) is 0 Å².